The van der Waals surface area contributed by atoms with E-state index >= 15 is 0 Å². The quantitative estimate of drug-likeness (QED) is 0.897. The van der Waals surface area contributed by atoms with Crippen molar-refractivity contribution in [1.29, 1.82) is 0 Å². The minimum atomic E-state index is -1.11. The van der Waals surface area contributed by atoms with Crippen LogP contribution < -0.4 is 11.4 Å². The molecule has 0 atom stereocenters. The first-order valence-corrected chi connectivity index (χ1v) is 7.90. The second kappa shape index (κ2) is 5.95. The summed E-state index contributed by atoms with van der Waals surface area (Å²) in [7, 11) is 0. The molecule has 6 nitrogen and oxygen atoms in total. The highest BCUT2D eigenvalue weighted by atomic mass is 16.3. The maximum Gasteiger partial charge on any atom is 0.332 e. The zero-order chi connectivity index (χ0) is 16.4. The summed E-state index contributed by atoms with van der Waals surface area (Å²) < 4.78 is 2.61. The smallest absolute Gasteiger partial charge is 0.332 e. The fourth-order valence-electron chi connectivity index (χ4n) is 3.49. The zero-order valence-electron chi connectivity index (χ0n) is 12.9. The van der Waals surface area contributed by atoms with E-state index in [2.05, 4.69) is 0 Å². The molecule has 6 heteroatoms. The highest BCUT2D eigenvalue weighted by Gasteiger charge is 2.43. The van der Waals surface area contributed by atoms with Crippen LogP contribution in [0.1, 0.15) is 37.7 Å². The normalized spacial score (nSPS) is 17.0. The number of nitrogens with zero attached hydrogens (tertiary/aromatic N) is 2. The molecule has 3 N–H and O–H groups in total. The number of amides is 1. The molecule has 0 aliphatic heterocycles. The summed E-state index contributed by atoms with van der Waals surface area (Å²) in [6.07, 6.45) is 5.01. The van der Waals surface area contributed by atoms with Crippen LogP contribution in [0.4, 0.5) is 0 Å². The van der Waals surface area contributed by atoms with Crippen LogP contribution in [0.3, 0.4) is 0 Å². The number of rotatable bonds is 4. The number of hydrogen-bond acceptors (Lipinski definition) is 3. The number of nitrogens with two attached hydrogens (primary N) is 1. The van der Waals surface area contributed by atoms with E-state index in [0.717, 1.165) is 24.8 Å². The van der Waals surface area contributed by atoms with Crippen molar-refractivity contribution in [1.82, 2.24) is 9.13 Å². The van der Waals surface area contributed by atoms with Gasteiger partial charge in [-0.15, -0.1) is 0 Å². The van der Waals surface area contributed by atoms with E-state index in [1.807, 2.05) is 30.3 Å². The van der Waals surface area contributed by atoms with Crippen LogP contribution >= 0.6 is 0 Å². The van der Waals surface area contributed by atoms with Crippen molar-refractivity contribution in [3.63, 3.8) is 0 Å². The van der Waals surface area contributed by atoms with Gasteiger partial charge in [0, 0.05) is 0 Å². The Morgan fingerprint density at radius 3 is 2.43 bits per heavy atom. The third kappa shape index (κ3) is 2.65. The molecule has 23 heavy (non-hydrogen) atoms. The Labute approximate surface area is 134 Å². The Balaban J connectivity index is 2.03. The monoisotopic (exact) mass is 315 g/mol. The molecule has 1 aromatic heterocycles. The van der Waals surface area contributed by atoms with Gasteiger partial charge >= 0.3 is 5.69 Å². The number of hydrogen-bond donors (Lipinski definition) is 2. The molecule has 1 aliphatic rings. The van der Waals surface area contributed by atoms with Crippen molar-refractivity contribution in [3.05, 3.63) is 52.6 Å². The highest BCUT2D eigenvalue weighted by Crippen LogP contribution is 2.36. The number of primary amides is 1. The molecule has 0 unspecified atom stereocenters. The zero-order valence-corrected chi connectivity index (χ0v) is 12.9. The van der Waals surface area contributed by atoms with Crippen molar-refractivity contribution in [2.45, 2.75) is 44.2 Å². The van der Waals surface area contributed by atoms with Gasteiger partial charge in [0.15, 0.2) is 0 Å². The minimum absolute atomic E-state index is 0.202. The van der Waals surface area contributed by atoms with Gasteiger partial charge < -0.3 is 10.8 Å². The lowest BCUT2D eigenvalue weighted by Crippen LogP contribution is -2.51. The van der Waals surface area contributed by atoms with Crippen LogP contribution in [0.2, 0.25) is 0 Å². The third-order valence-electron chi connectivity index (χ3n) is 4.70. The Morgan fingerprint density at radius 1 is 1.17 bits per heavy atom. The van der Waals surface area contributed by atoms with Gasteiger partial charge in [0.1, 0.15) is 5.54 Å². The van der Waals surface area contributed by atoms with E-state index in [-0.39, 0.29) is 5.88 Å². The Morgan fingerprint density at radius 2 is 1.83 bits per heavy atom. The Kier molecular flexibility index (Phi) is 3.98. The van der Waals surface area contributed by atoms with Crippen molar-refractivity contribution < 1.29 is 9.90 Å². The first kappa shape index (κ1) is 15.4. The van der Waals surface area contributed by atoms with Gasteiger partial charge in [-0.05, 0) is 18.4 Å². The van der Waals surface area contributed by atoms with Gasteiger partial charge in [-0.3, -0.25) is 9.36 Å². The number of carbonyl (C=O) groups is 1. The Hall–Kier alpha value is -2.50. The highest BCUT2D eigenvalue weighted by molar-refractivity contribution is 5.83. The second-order valence-electron chi connectivity index (χ2n) is 6.18. The minimum Gasteiger partial charge on any atom is -0.493 e. The van der Waals surface area contributed by atoms with E-state index in [1.165, 1.54) is 15.3 Å². The van der Waals surface area contributed by atoms with Gasteiger partial charge in [0.25, 0.3) is 0 Å². The molecular formula is C17H21N3O3. The van der Waals surface area contributed by atoms with E-state index in [4.69, 9.17) is 5.73 Å². The molecule has 2 aromatic rings. The van der Waals surface area contributed by atoms with E-state index in [0.29, 0.717) is 19.4 Å². The van der Waals surface area contributed by atoms with Crippen molar-refractivity contribution in [3.8, 4) is 5.88 Å². The van der Waals surface area contributed by atoms with Gasteiger partial charge in [-0.25, -0.2) is 9.36 Å². The lowest BCUT2D eigenvalue weighted by molar-refractivity contribution is -0.128. The second-order valence-corrected chi connectivity index (χ2v) is 6.18. The molecule has 122 valence electrons. The summed E-state index contributed by atoms with van der Waals surface area (Å²) >= 11 is 0. The largest absolute Gasteiger partial charge is 0.493 e. The molecule has 1 aromatic carbocycles. The molecule has 1 heterocycles. The SMILES string of the molecule is NC(=O)C1(n2c(O)cn(Cc3ccccc3)c2=O)CCCCC1. The third-order valence-corrected chi connectivity index (χ3v) is 4.70. The molecule has 0 saturated heterocycles. The van der Waals surface area contributed by atoms with Gasteiger partial charge in [0.05, 0.1) is 12.7 Å². The van der Waals surface area contributed by atoms with Crippen LogP contribution in [-0.2, 0) is 16.9 Å². The van der Waals surface area contributed by atoms with Gasteiger partial charge in [0.2, 0.25) is 11.8 Å². The van der Waals surface area contributed by atoms with Crippen LogP contribution in [0.5, 0.6) is 5.88 Å². The summed E-state index contributed by atoms with van der Waals surface area (Å²) in [6, 6.07) is 9.50. The van der Waals surface area contributed by atoms with Gasteiger partial charge in [-0.2, -0.15) is 0 Å². The Bertz CT molecular complexity index is 755. The molecule has 1 fully saturated rings. The van der Waals surface area contributed by atoms with Crippen molar-refractivity contribution >= 4 is 5.91 Å². The van der Waals surface area contributed by atoms with Crippen molar-refractivity contribution in [2.24, 2.45) is 5.73 Å². The van der Waals surface area contributed by atoms with Gasteiger partial charge in [-0.1, -0.05) is 49.6 Å². The van der Waals surface area contributed by atoms with Crippen LogP contribution in [0, 0.1) is 0 Å². The number of carbonyl (C=O) groups excluding carboxylic acids is 1. The summed E-state index contributed by atoms with van der Waals surface area (Å²) in [5.74, 6) is -0.751. The first-order valence-electron chi connectivity index (χ1n) is 7.90. The average Bonchev–Trinajstić information content (AvgIpc) is 2.83. The average molecular weight is 315 g/mol. The summed E-state index contributed by atoms with van der Waals surface area (Å²) in [6.45, 7) is 0.342. The molecule has 0 spiro atoms. The fourth-order valence-corrected chi connectivity index (χ4v) is 3.49. The molecular weight excluding hydrogens is 294 g/mol. The maximum atomic E-state index is 12.8. The van der Waals surface area contributed by atoms with Crippen LogP contribution in [-0.4, -0.2) is 20.1 Å². The molecule has 1 amide bonds. The lowest BCUT2D eigenvalue weighted by Gasteiger charge is -2.35. The molecule has 3 rings (SSSR count). The number of imidazole rings is 1. The van der Waals surface area contributed by atoms with Crippen LogP contribution in [0.15, 0.2) is 41.3 Å². The predicted octanol–water partition coefficient (Wildman–Crippen LogP) is 1.55. The standard InChI is InChI=1S/C17H21N3O3/c18-15(22)17(9-5-2-6-10-17)20-14(21)12-19(16(20)23)11-13-7-3-1-4-8-13/h1,3-4,7-8,12,21H,2,5-6,9-11H2,(H2,18,22). The van der Waals surface area contributed by atoms with Crippen LogP contribution in [0.25, 0.3) is 0 Å². The van der Waals surface area contributed by atoms with Crippen molar-refractivity contribution in [2.75, 3.05) is 0 Å². The predicted molar refractivity (Wildman–Crippen MR) is 86.2 cm³/mol. The van der Waals surface area contributed by atoms with E-state index in [1.54, 1.807) is 0 Å². The summed E-state index contributed by atoms with van der Waals surface area (Å²) in [5, 5.41) is 10.3. The van der Waals surface area contributed by atoms with E-state index < -0.39 is 17.1 Å². The fraction of sp³-hybridized carbons (Fsp3) is 0.412. The molecule has 1 aliphatic carbocycles. The summed E-state index contributed by atoms with van der Waals surface area (Å²) in [5.41, 5.74) is 5.06. The number of benzene rings is 1. The number of aromatic hydroxyl groups is 1. The maximum absolute atomic E-state index is 12.8. The summed E-state index contributed by atoms with van der Waals surface area (Å²) in [4.78, 5) is 24.9. The topological polar surface area (TPSA) is 90.2 Å². The molecule has 1 saturated carbocycles. The lowest BCUT2D eigenvalue weighted by atomic mass is 9.81. The molecule has 0 bridgehead atoms. The van der Waals surface area contributed by atoms with E-state index in [9.17, 15) is 14.7 Å². The molecule has 0 radical (unpaired) electrons. The number of aromatic nitrogens is 2. The first-order chi connectivity index (χ1) is 11.0.